The quantitative estimate of drug-likeness (QED) is 0.558. The number of hydrogen-bond donors (Lipinski definition) is 1. The Morgan fingerprint density at radius 3 is 2.53 bits per heavy atom. The Balaban J connectivity index is 0.000000322. The molecule has 0 aromatic carbocycles. The molecule has 0 saturated carbocycles. The molecule has 15 heavy (non-hydrogen) atoms. The highest BCUT2D eigenvalue weighted by Gasteiger charge is 2.03. The second-order valence-electron chi connectivity index (χ2n) is 2.67. The molecule has 0 bridgehead atoms. The van der Waals surface area contributed by atoms with Crippen LogP contribution in [0.2, 0.25) is 0 Å². The number of thioether (sulfide) groups is 2. The SMILES string of the molecule is C1=CSSC1.CCSCC(CS)SCC. The third-order valence-corrected chi connectivity index (χ3v) is 6.50. The largest absolute Gasteiger partial charge is 0.178 e. The van der Waals surface area contributed by atoms with Crippen molar-refractivity contribution < 1.29 is 0 Å². The van der Waals surface area contributed by atoms with Gasteiger partial charge in [-0.25, -0.2) is 0 Å². The van der Waals surface area contributed by atoms with E-state index in [4.69, 9.17) is 0 Å². The molecular formula is C10H20S5. The topological polar surface area (TPSA) is 0 Å². The van der Waals surface area contributed by atoms with E-state index in [2.05, 4.69) is 38.0 Å². The van der Waals surface area contributed by atoms with Crippen molar-refractivity contribution in [2.24, 2.45) is 0 Å². The van der Waals surface area contributed by atoms with Crippen molar-refractivity contribution in [3.63, 3.8) is 0 Å². The molecule has 0 spiro atoms. The van der Waals surface area contributed by atoms with Crippen LogP contribution >= 0.6 is 57.7 Å². The Morgan fingerprint density at radius 1 is 1.40 bits per heavy atom. The number of thiol groups is 1. The Hall–Kier alpha value is 1.49. The predicted molar refractivity (Wildman–Crippen MR) is 88.0 cm³/mol. The molecule has 1 aliphatic heterocycles. The standard InChI is InChI=1S/C7H16S3.C3H4S2/c1-3-9-6-7(5-8)10-4-2;1-2-4-5-3-1/h7-8H,3-6H2,1-2H3;1-2H,3H2. The Labute approximate surface area is 116 Å². The first-order chi connectivity index (χ1) is 7.35. The molecule has 0 radical (unpaired) electrons. The first-order valence-electron chi connectivity index (χ1n) is 5.08. The number of rotatable bonds is 6. The van der Waals surface area contributed by atoms with Crippen LogP contribution in [0.5, 0.6) is 0 Å². The third kappa shape index (κ3) is 11.7. The lowest BCUT2D eigenvalue weighted by Crippen LogP contribution is -2.08. The molecule has 0 aromatic rings. The van der Waals surface area contributed by atoms with Crippen LogP contribution in [0.3, 0.4) is 0 Å². The van der Waals surface area contributed by atoms with Crippen LogP contribution in [-0.2, 0) is 0 Å². The van der Waals surface area contributed by atoms with Crippen LogP contribution < -0.4 is 0 Å². The second kappa shape index (κ2) is 13.6. The van der Waals surface area contributed by atoms with Crippen LogP contribution in [0.1, 0.15) is 13.8 Å². The lowest BCUT2D eigenvalue weighted by atomic mass is 10.5. The molecule has 0 N–H and O–H groups in total. The average molecular weight is 301 g/mol. The van der Waals surface area contributed by atoms with Gasteiger partial charge in [0.25, 0.3) is 0 Å². The van der Waals surface area contributed by atoms with Crippen LogP contribution in [0.4, 0.5) is 0 Å². The van der Waals surface area contributed by atoms with Gasteiger partial charge in [0.1, 0.15) is 0 Å². The maximum atomic E-state index is 4.29. The van der Waals surface area contributed by atoms with Gasteiger partial charge in [0.15, 0.2) is 0 Å². The summed E-state index contributed by atoms with van der Waals surface area (Å²) in [6, 6.07) is 0. The fourth-order valence-corrected chi connectivity index (χ4v) is 4.89. The molecular weight excluding hydrogens is 280 g/mol. The van der Waals surface area contributed by atoms with Crippen LogP contribution in [0, 0.1) is 0 Å². The van der Waals surface area contributed by atoms with E-state index in [9.17, 15) is 0 Å². The minimum atomic E-state index is 0.762. The predicted octanol–water partition coefficient (Wildman–Crippen LogP) is 4.69. The molecule has 0 fully saturated rings. The van der Waals surface area contributed by atoms with E-state index in [1.54, 1.807) is 0 Å². The molecule has 0 aromatic heterocycles. The molecule has 1 unspecified atom stereocenters. The van der Waals surface area contributed by atoms with Gasteiger partial charge in [0, 0.05) is 22.5 Å². The lowest BCUT2D eigenvalue weighted by Gasteiger charge is -2.10. The monoisotopic (exact) mass is 300 g/mol. The zero-order valence-electron chi connectivity index (χ0n) is 9.35. The zero-order valence-corrected chi connectivity index (χ0v) is 13.5. The molecule has 90 valence electrons. The molecule has 1 aliphatic rings. The minimum absolute atomic E-state index is 0.762. The second-order valence-corrected chi connectivity index (χ2v) is 8.25. The van der Waals surface area contributed by atoms with Gasteiger partial charge in [-0.15, -0.1) is 0 Å². The van der Waals surface area contributed by atoms with Crippen LogP contribution in [0.15, 0.2) is 11.5 Å². The molecule has 1 atom stereocenters. The minimum Gasteiger partial charge on any atom is -0.178 e. The summed E-state index contributed by atoms with van der Waals surface area (Å²) < 4.78 is 0. The average Bonchev–Trinajstić information content (AvgIpc) is 2.82. The van der Waals surface area contributed by atoms with E-state index in [1.165, 1.54) is 23.0 Å². The van der Waals surface area contributed by atoms with E-state index < -0.39 is 0 Å². The van der Waals surface area contributed by atoms with E-state index >= 15 is 0 Å². The first-order valence-corrected chi connectivity index (χ1v) is 10.3. The van der Waals surface area contributed by atoms with Gasteiger partial charge in [-0.1, -0.05) is 41.5 Å². The summed E-state index contributed by atoms with van der Waals surface area (Å²) in [7, 11) is 3.69. The Kier molecular flexibility index (Phi) is 14.9. The van der Waals surface area contributed by atoms with Crippen molar-refractivity contribution in [3.8, 4) is 0 Å². The molecule has 0 amide bonds. The fourth-order valence-electron chi connectivity index (χ4n) is 0.835. The summed E-state index contributed by atoms with van der Waals surface area (Å²) in [5, 5.41) is 2.88. The van der Waals surface area contributed by atoms with Gasteiger partial charge in [0.05, 0.1) is 0 Å². The molecule has 5 heteroatoms. The van der Waals surface area contributed by atoms with E-state index in [0.717, 1.165) is 11.0 Å². The highest BCUT2D eigenvalue weighted by atomic mass is 33.1. The summed E-state index contributed by atoms with van der Waals surface area (Å²) in [4.78, 5) is 0. The van der Waals surface area contributed by atoms with Crippen molar-refractivity contribution in [3.05, 3.63) is 11.5 Å². The summed E-state index contributed by atoms with van der Waals surface area (Å²) in [6.07, 6.45) is 2.16. The van der Waals surface area contributed by atoms with Crippen molar-refractivity contribution in [2.45, 2.75) is 19.1 Å². The molecule has 1 heterocycles. The Bertz CT molecular complexity index is 143. The summed E-state index contributed by atoms with van der Waals surface area (Å²) in [6.45, 7) is 4.41. The molecule has 0 nitrogen and oxygen atoms in total. The summed E-state index contributed by atoms with van der Waals surface area (Å²) >= 11 is 8.32. The van der Waals surface area contributed by atoms with Crippen LogP contribution in [-0.4, -0.2) is 34.0 Å². The maximum Gasteiger partial charge on any atom is 0.0229 e. The van der Waals surface area contributed by atoms with Gasteiger partial charge in [-0.05, 0) is 16.9 Å². The van der Waals surface area contributed by atoms with Crippen molar-refractivity contribution >= 4 is 57.7 Å². The maximum absolute atomic E-state index is 4.29. The summed E-state index contributed by atoms with van der Waals surface area (Å²) in [5.74, 6) is 5.93. The van der Waals surface area contributed by atoms with Crippen LogP contribution in [0.25, 0.3) is 0 Å². The summed E-state index contributed by atoms with van der Waals surface area (Å²) in [5.41, 5.74) is 0. The zero-order chi connectivity index (χ0) is 11.4. The molecule has 1 rings (SSSR count). The fraction of sp³-hybridized carbons (Fsp3) is 0.800. The molecule has 0 aliphatic carbocycles. The van der Waals surface area contributed by atoms with Gasteiger partial charge in [-0.3, -0.25) is 0 Å². The van der Waals surface area contributed by atoms with E-state index in [1.807, 2.05) is 45.1 Å². The first kappa shape index (κ1) is 16.5. The van der Waals surface area contributed by atoms with Gasteiger partial charge < -0.3 is 0 Å². The van der Waals surface area contributed by atoms with Gasteiger partial charge in [-0.2, -0.15) is 36.2 Å². The highest BCUT2D eigenvalue weighted by molar-refractivity contribution is 8.78. The Morgan fingerprint density at radius 2 is 2.20 bits per heavy atom. The smallest absolute Gasteiger partial charge is 0.0229 e. The van der Waals surface area contributed by atoms with Crippen molar-refractivity contribution in [1.82, 2.24) is 0 Å². The lowest BCUT2D eigenvalue weighted by molar-refractivity contribution is 1.15. The number of hydrogen-bond acceptors (Lipinski definition) is 5. The van der Waals surface area contributed by atoms with Crippen molar-refractivity contribution in [1.29, 1.82) is 0 Å². The molecule has 0 saturated heterocycles. The highest BCUT2D eigenvalue weighted by Crippen LogP contribution is 2.27. The third-order valence-electron chi connectivity index (χ3n) is 1.50. The van der Waals surface area contributed by atoms with E-state index in [0.29, 0.717) is 0 Å². The van der Waals surface area contributed by atoms with Gasteiger partial charge >= 0.3 is 0 Å². The normalized spacial score (nSPS) is 15.9. The van der Waals surface area contributed by atoms with Crippen molar-refractivity contribution in [2.75, 3.05) is 28.8 Å². The van der Waals surface area contributed by atoms with Gasteiger partial charge in [0.2, 0.25) is 0 Å². The van der Waals surface area contributed by atoms with E-state index in [-0.39, 0.29) is 0 Å².